The fourth-order valence-corrected chi connectivity index (χ4v) is 3.28. The monoisotopic (exact) mass is 330 g/mol. The van der Waals surface area contributed by atoms with Crippen molar-refractivity contribution in [1.82, 2.24) is 9.97 Å². The number of hydrogen-bond donors (Lipinski definition) is 1. The van der Waals surface area contributed by atoms with Gasteiger partial charge in [-0.2, -0.15) is 0 Å². The van der Waals surface area contributed by atoms with Gasteiger partial charge < -0.3 is 14.6 Å². The average molecular weight is 330 g/mol. The van der Waals surface area contributed by atoms with Crippen LogP contribution in [0.4, 0.5) is 0 Å². The van der Waals surface area contributed by atoms with Crippen molar-refractivity contribution in [1.29, 1.82) is 0 Å². The molecule has 6 heteroatoms. The van der Waals surface area contributed by atoms with Crippen molar-refractivity contribution >= 4 is 22.2 Å². The van der Waals surface area contributed by atoms with Crippen molar-refractivity contribution < 1.29 is 14.6 Å². The molecule has 1 aromatic carbocycles. The van der Waals surface area contributed by atoms with Crippen LogP contribution in [0.1, 0.15) is 25.5 Å². The van der Waals surface area contributed by atoms with Crippen LogP contribution < -0.4 is 9.47 Å². The zero-order valence-corrected chi connectivity index (χ0v) is 14.3. The number of nitrogens with zero attached hydrogens (tertiary/aromatic N) is 2. The Kier molecular flexibility index (Phi) is 4.09. The van der Waals surface area contributed by atoms with E-state index in [1.165, 1.54) is 11.3 Å². The van der Waals surface area contributed by atoms with Gasteiger partial charge in [-0.25, -0.2) is 9.97 Å². The number of pyridine rings is 1. The van der Waals surface area contributed by atoms with Gasteiger partial charge in [-0.15, -0.1) is 11.3 Å². The molecule has 0 fully saturated rings. The maximum atomic E-state index is 10.4. The van der Waals surface area contributed by atoms with Crippen LogP contribution in [0.25, 0.3) is 21.6 Å². The van der Waals surface area contributed by atoms with E-state index in [-0.39, 0.29) is 5.75 Å². The lowest BCUT2D eigenvalue weighted by molar-refractivity contribution is 0.396. The van der Waals surface area contributed by atoms with E-state index in [9.17, 15) is 5.11 Å². The summed E-state index contributed by atoms with van der Waals surface area (Å²) in [6.45, 7) is 4.19. The van der Waals surface area contributed by atoms with E-state index in [2.05, 4.69) is 23.8 Å². The highest BCUT2D eigenvalue weighted by atomic mass is 32.1. The Morgan fingerprint density at radius 2 is 1.87 bits per heavy atom. The van der Waals surface area contributed by atoms with Gasteiger partial charge in [0.05, 0.1) is 30.8 Å². The maximum absolute atomic E-state index is 10.4. The third-order valence-corrected chi connectivity index (χ3v) is 4.50. The Balaban J connectivity index is 2.19. The topological polar surface area (TPSA) is 64.5 Å². The van der Waals surface area contributed by atoms with Gasteiger partial charge in [0.2, 0.25) is 0 Å². The summed E-state index contributed by atoms with van der Waals surface area (Å²) in [7, 11) is 3.14. The Bertz CT molecular complexity index is 858. The summed E-state index contributed by atoms with van der Waals surface area (Å²) in [5.41, 5.74) is 2.27. The number of thiazole rings is 1. The van der Waals surface area contributed by atoms with E-state index < -0.39 is 0 Å². The van der Waals surface area contributed by atoms with Crippen LogP contribution in [0.2, 0.25) is 0 Å². The molecule has 0 atom stereocenters. The number of aromatic nitrogens is 2. The summed E-state index contributed by atoms with van der Waals surface area (Å²) in [6, 6.07) is 5.13. The maximum Gasteiger partial charge on any atom is 0.142 e. The zero-order chi connectivity index (χ0) is 16.6. The lowest BCUT2D eigenvalue weighted by Gasteiger charge is -2.10. The fraction of sp³-hybridized carbons (Fsp3) is 0.294. The first-order valence-electron chi connectivity index (χ1n) is 7.25. The Morgan fingerprint density at radius 3 is 2.48 bits per heavy atom. The molecule has 0 aliphatic rings. The van der Waals surface area contributed by atoms with Gasteiger partial charge in [0, 0.05) is 23.6 Å². The quantitative estimate of drug-likeness (QED) is 0.776. The second kappa shape index (κ2) is 6.04. The molecule has 2 heterocycles. The summed E-state index contributed by atoms with van der Waals surface area (Å²) >= 11 is 1.52. The number of methoxy groups -OCH3 is 2. The van der Waals surface area contributed by atoms with Crippen LogP contribution in [0, 0.1) is 0 Å². The van der Waals surface area contributed by atoms with E-state index in [0.717, 1.165) is 10.7 Å². The number of benzene rings is 1. The summed E-state index contributed by atoms with van der Waals surface area (Å²) in [6.07, 6.45) is 0. The number of fused-ring (bicyclic) bond motifs is 1. The molecule has 0 aliphatic heterocycles. The highest BCUT2D eigenvalue weighted by molar-refractivity contribution is 7.13. The van der Waals surface area contributed by atoms with Gasteiger partial charge >= 0.3 is 0 Å². The standard InChI is InChI=1S/C17H18N2O3S/c1-9(2)13-8-23-17(19-13)12-7-14(20)16-11(18-12)5-10(21-3)6-15(16)22-4/h5-9H,1-4H3,(H,18,20). The van der Waals surface area contributed by atoms with Crippen LogP contribution in [-0.2, 0) is 0 Å². The predicted octanol–water partition coefficient (Wildman–Crippen LogP) is 4.20. The van der Waals surface area contributed by atoms with E-state index in [4.69, 9.17) is 9.47 Å². The molecule has 23 heavy (non-hydrogen) atoms. The fourth-order valence-electron chi connectivity index (χ4n) is 2.34. The minimum atomic E-state index is 0.116. The smallest absolute Gasteiger partial charge is 0.142 e. The third-order valence-electron chi connectivity index (χ3n) is 3.61. The first-order chi connectivity index (χ1) is 11.0. The summed E-state index contributed by atoms with van der Waals surface area (Å²) in [5, 5.41) is 13.8. The van der Waals surface area contributed by atoms with Gasteiger partial charge in [0.25, 0.3) is 0 Å². The molecule has 0 saturated heterocycles. The number of hydrogen-bond acceptors (Lipinski definition) is 6. The minimum Gasteiger partial charge on any atom is -0.507 e. The molecule has 1 N–H and O–H groups in total. The van der Waals surface area contributed by atoms with Crippen molar-refractivity contribution in [2.24, 2.45) is 0 Å². The van der Waals surface area contributed by atoms with Gasteiger partial charge in [0.15, 0.2) is 0 Å². The summed E-state index contributed by atoms with van der Waals surface area (Å²) in [5.74, 6) is 1.62. The van der Waals surface area contributed by atoms with E-state index >= 15 is 0 Å². The molecule has 0 radical (unpaired) electrons. The Morgan fingerprint density at radius 1 is 1.09 bits per heavy atom. The zero-order valence-electron chi connectivity index (χ0n) is 13.5. The first kappa shape index (κ1) is 15.6. The lowest BCUT2D eigenvalue weighted by atomic mass is 10.1. The number of rotatable bonds is 4. The largest absolute Gasteiger partial charge is 0.507 e. The molecule has 3 rings (SSSR count). The van der Waals surface area contributed by atoms with Crippen LogP contribution in [0.15, 0.2) is 23.6 Å². The molecular formula is C17H18N2O3S. The van der Waals surface area contributed by atoms with Crippen LogP contribution >= 0.6 is 11.3 Å². The van der Waals surface area contributed by atoms with Crippen LogP contribution in [0.5, 0.6) is 17.2 Å². The number of ether oxygens (including phenoxy) is 2. The van der Waals surface area contributed by atoms with E-state index in [1.807, 2.05) is 5.38 Å². The van der Waals surface area contributed by atoms with E-state index in [0.29, 0.717) is 34.0 Å². The molecule has 120 valence electrons. The summed E-state index contributed by atoms with van der Waals surface area (Å²) in [4.78, 5) is 9.22. The van der Waals surface area contributed by atoms with E-state index in [1.54, 1.807) is 32.4 Å². The Hall–Kier alpha value is -2.34. The lowest BCUT2D eigenvalue weighted by Crippen LogP contribution is -1.93. The molecule has 3 aromatic rings. The molecule has 0 saturated carbocycles. The normalized spacial score (nSPS) is 11.2. The molecule has 0 bridgehead atoms. The van der Waals surface area contributed by atoms with Crippen molar-refractivity contribution in [3.8, 4) is 28.0 Å². The highest BCUT2D eigenvalue weighted by Gasteiger charge is 2.15. The highest BCUT2D eigenvalue weighted by Crippen LogP contribution is 2.38. The molecule has 2 aromatic heterocycles. The van der Waals surface area contributed by atoms with Crippen LogP contribution in [0.3, 0.4) is 0 Å². The molecule has 0 amide bonds. The second-order valence-corrected chi connectivity index (χ2v) is 6.34. The second-order valence-electron chi connectivity index (χ2n) is 5.48. The Labute approximate surface area is 138 Å². The molecule has 5 nitrogen and oxygen atoms in total. The van der Waals surface area contributed by atoms with Crippen molar-refractivity contribution in [2.45, 2.75) is 19.8 Å². The SMILES string of the molecule is COc1cc(OC)c2c(O)cc(-c3nc(C(C)C)cs3)nc2c1. The van der Waals surface area contributed by atoms with Crippen molar-refractivity contribution in [3.63, 3.8) is 0 Å². The average Bonchev–Trinajstić information content (AvgIpc) is 3.03. The van der Waals surface area contributed by atoms with Gasteiger partial charge in [0.1, 0.15) is 28.0 Å². The number of aromatic hydroxyl groups is 1. The van der Waals surface area contributed by atoms with Gasteiger partial charge in [-0.3, -0.25) is 0 Å². The molecule has 0 spiro atoms. The predicted molar refractivity (Wildman–Crippen MR) is 91.7 cm³/mol. The minimum absolute atomic E-state index is 0.116. The van der Waals surface area contributed by atoms with Crippen LogP contribution in [-0.4, -0.2) is 29.3 Å². The third kappa shape index (κ3) is 2.82. The first-order valence-corrected chi connectivity index (χ1v) is 8.13. The van der Waals surface area contributed by atoms with Crippen molar-refractivity contribution in [3.05, 3.63) is 29.3 Å². The molecular weight excluding hydrogens is 312 g/mol. The molecule has 0 aliphatic carbocycles. The van der Waals surface area contributed by atoms with Gasteiger partial charge in [-0.05, 0) is 5.92 Å². The van der Waals surface area contributed by atoms with Crippen molar-refractivity contribution in [2.75, 3.05) is 14.2 Å². The molecule has 0 unspecified atom stereocenters. The summed E-state index contributed by atoms with van der Waals surface area (Å²) < 4.78 is 10.6. The van der Waals surface area contributed by atoms with Gasteiger partial charge in [-0.1, -0.05) is 13.8 Å².